The molecule has 4 aliphatic carbocycles. The van der Waals surface area contributed by atoms with Gasteiger partial charge < -0.3 is 9.84 Å². The van der Waals surface area contributed by atoms with Crippen LogP contribution in [0.5, 0.6) is 11.5 Å². The number of ether oxygens (including phenoxy) is 1. The zero-order valence-electron chi connectivity index (χ0n) is 16.8. The molecule has 0 aliphatic heterocycles. The second-order valence-electron chi connectivity index (χ2n) is 8.70. The molecule has 6 rings (SSSR count). The van der Waals surface area contributed by atoms with Gasteiger partial charge >= 0.3 is 0 Å². The van der Waals surface area contributed by atoms with Gasteiger partial charge in [-0.25, -0.2) is 4.39 Å². The van der Waals surface area contributed by atoms with Crippen LogP contribution in [0.15, 0.2) is 42.2 Å². The molecular weight excluding hydrogens is 403 g/mol. The molecule has 2 aromatic carbocycles. The van der Waals surface area contributed by atoms with Crippen LogP contribution in [-0.4, -0.2) is 10.9 Å². The first-order valence-corrected chi connectivity index (χ1v) is 11.1. The minimum atomic E-state index is -0.551. The van der Waals surface area contributed by atoms with Gasteiger partial charge in [-0.15, -0.1) is 0 Å². The number of aryl methyl sites for hydroxylation is 1. The van der Waals surface area contributed by atoms with E-state index in [-0.39, 0.29) is 29.1 Å². The highest BCUT2D eigenvalue weighted by molar-refractivity contribution is 6.30. The van der Waals surface area contributed by atoms with Crippen molar-refractivity contribution < 1.29 is 19.0 Å². The van der Waals surface area contributed by atoms with Crippen molar-refractivity contribution in [2.45, 2.75) is 39.0 Å². The summed E-state index contributed by atoms with van der Waals surface area (Å²) >= 11 is 5.82. The van der Waals surface area contributed by atoms with Gasteiger partial charge in [0.15, 0.2) is 17.3 Å². The molecule has 2 bridgehead atoms. The van der Waals surface area contributed by atoms with E-state index in [1.807, 2.05) is 13.0 Å². The first-order valence-electron chi connectivity index (χ1n) is 10.7. The summed E-state index contributed by atoms with van der Waals surface area (Å²) in [4.78, 5) is 13.4. The average Bonchev–Trinajstić information content (AvgIpc) is 3.03. The number of rotatable bonds is 4. The van der Waals surface area contributed by atoms with Gasteiger partial charge in [-0.2, -0.15) is 0 Å². The molecule has 156 valence electrons. The van der Waals surface area contributed by atoms with Gasteiger partial charge in [0, 0.05) is 16.9 Å². The Labute approximate surface area is 180 Å². The number of allylic oxidation sites excluding steroid dienone is 2. The summed E-state index contributed by atoms with van der Waals surface area (Å²) in [6.45, 7) is 2.02. The lowest BCUT2D eigenvalue weighted by Crippen LogP contribution is -2.41. The van der Waals surface area contributed by atoms with Gasteiger partial charge in [0.2, 0.25) is 0 Å². The molecule has 0 spiro atoms. The Morgan fingerprint density at radius 2 is 1.77 bits per heavy atom. The standard InChI is InChI=1S/C25H24ClFO3/c1-2-13-7-9-17(30-20-10-8-16(26)11-19(20)27)12-18(13)23-24(28)21-14-3-4-15(6-5-14)22(21)25(23)29/h7-12,14-15,21-22,28H,2-6H2,1H3/t14-,15+,21?,22?. The van der Waals surface area contributed by atoms with E-state index >= 15 is 0 Å². The third-order valence-corrected chi connectivity index (χ3v) is 7.43. The van der Waals surface area contributed by atoms with Crippen molar-refractivity contribution in [1.29, 1.82) is 0 Å². The maximum absolute atomic E-state index is 14.2. The van der Waals surface area contributed by atoms with Crippen LogP contribution >= 0.6 is 11.6 Å². The molecule has 0 amide bonds. The van der Waals surface area contributed by atoms with E-state index in [4.69, 9.17) is 16.3 Å². The summed E-state index contributed by atoms with van der Waals surface area (Å²) in [5, 5.41) is 11.4. The van der Waals surface area contributed by atoms with E-state index in [1.165, 1.54) is 12.1 Å². The summed E-state index contributed by atoms with van der Waals surface area (Å²) in [6, 6.07) is 9.67. The first-order chi connectivity index (χ1) is 14.5. The molecule has 0 saturated heterocycles. The van der Waals surface area contributed by atoms with Crippen LogP contribution < -0.4 is 4.74 Å². The van der Waals surface area contributed by atoms with Crippen LogP contribution in [0.4, 0.5) is 4.39 Å². The molecule has 2 unspecified atom stereocenters. The number of halogens is 2. The van der Waals surface area contributed by atoms with Crippen molar-refractivity contribution in [2.75, 3.05) is 0 Å². The van der Waals surface area contributed by atoms with Crippen LogP contribution in [-0.2, 0) is 11.2 Å². The molecule has 4 aliphatic rings. The number of hydrogen-bond acceptors (Lipinski definition) is 3. The minimum Gasteiger partial charge on any atom is -0.511 e. The Kier molecular flexibility index (Phi) is 4.85. The molecule has 30 heavy (non-hydrogen) atoms. The van der Waals surface area contributed by atoms with Gasteiger partial charge in [0.1, 0.15) is 11.5 Å². The number of Topliss-reactive ketones (excluding diaryl/α,β-unsaturated/α-hetero) is 1. The lowest BCUT2D eigenvalue weighted by atomic mass is 9.59. The second-order valence-corrected chi connectivity index (χ2v) is 9.14. The summed E-state index contributed by atoms with van der Waals surface area (Å²) < 4.78 is 19.9. The lowest BCUT2D eigenvalue weighted by Gasteiger charge is -2.44. The van der Waals surface area contributed by atoms with Crippen LogP contribution in [0.25, 0.3) is 5.57 Å². The van der Waals surface area contributed by atoms with E-state index in [0.717, 1.165) is 37.7 Å². The summed E-state index contributed by atoms with van der Waals surface area (Å²) in [7, 11) is 0. The van der Waals surface area contributed by atoms with Crippen LogP contribution in [0, 0.1) is 29.5 Å². The average molecular weight is 427 g/mol. The third-order valence-electron chi connectivity index (χ3n) is 7.19. The van der Waals surface area contributed by atoms with Crippen LogP contribution in [0.1, 0.15) is 43.7 Å². The minimum absolute atomic E-state index is 0.0389. The number of fused-ring (bicyclic) bond motifs is 2. The molecule has 2 atom stereocenters. The van der Waals surface area contributed by atoms with Gasteiger partial charge in [-0.3, -0.25) is 4.79 Å². The molecule has 3 saturated carbocycles. The van der Waals surface area contributed by atoms with Crippen molar-refractivity contribution >= 4 is 23.0 Å². The molecule has 2 aromatic rings. The number of aliphatic hydroxyl groups is 1. The fourth-order valence-electron chi connectivity index (χ4n) is 5.80. The summed E-state index contributed by atoms with van der Waals surface area (Å²) in [5.41, 5.74) is 2.13. The quantitative estimate of drug-likeness (QED) is 0.589. The molecular formula is C25H24ClFO3. The van der Waals surface area contributed by atoms with Crippen molar-refractivity contribution in [3.8, 4) is 11.5 Å². The highest BCUT2D eigenvalue weighted by atomic mass is 35.5. The summed E-state index contributed by atoms with van der Waals surface area (Å²) in [6.07, 6.45) is 5.07. The Bertz CT molecular complexity index is 1050. The molecule has 3 nitrogen and oxygen atoms in total. The summed E-state index contributed by atoms with van der Waals surface area (Å²) in [5.74, 6) is 0.907. The number of carbonyl (C=O) groups excluding carboxylic acids is 1. The zero-order valence-corrected chi connectivity index (χ0v) is 17.6. The lowest BCUT2D eigenvalue weighted by molar-refractivity contribution is -0.123. The van der Waals surface area contributed by atoms with Crippen molar-refractivity contribution in [3.05, 3.63) is 64.1 Å². The number of aliphatic hydroxyl groups excluding tert-OH is 1. The van der Waals surface area contributed by atoms with Crippen molar-refractivity contribution in [1.82, 2.24) is 0 Å². The Balaban J connectivity index is 1.55. The third kappa shape index (κ3) is 3.04. The van der Waals surface area contributed by atoms with E-state index in [1.54, 1.807) is 18.2 Å². The van der Waals surface area contributed by atoms with E-state index < -0.39 is 5.82 Å². The largest absolute Gasteiger partial charge is 0.511 e. The SMILES string of the molecule is CCc1ccc(Oc2ccc(Cl)cc2F)cc1C1=C(O)C2C(C1=O)[C@H]1CC[C@@H]2CC1. The Morgan fingerprint density at radius 3 is 2.40 bits per heavy atom. The molecule has 0 heterocycles. The van der Waals surface area contributed by atoms with Crippen LogP contribution in [0.2, 0.25) is 5.02 Å². The van der Waals surface area contributed by atoms with E-state index in [9.17, 15) is 14.3 Å². The maximum atomic E-state index is 14.2. The van der Waals surface area contributed by atoms with Crippen LogP contribution in [0.3, 0.4) is 0 Å². The molecule has 1 N–H and O–H groups in total. The van der Waals surface area contributed by atoms with Gasteiger partial charge in [0.25, 0.3) is 0 Å². The van der Waals surface area contributed by atoms with E-state index in [0.29, 0.717) is 33.7 Å². The Hall–Kier alpha value is -2.33. The first kappa shape index (κ1) is 19.6. The monoisotopic (exact) mass is 426 g/mol. The van der Waals surface area contributed by atoms with Crippen molar-refractivity contribution in [3.63, 3.8) is 0 Å². The predicted octanol–water partition coefficient (Wildman–Crippen LogP) is 6.74. The predicted molar refractivity (Wildman–Crippen MR) is 114 cm³/mol. The Morgan fingerprint density at radius 1 is 1.07 bits per heavy atom. The van der Waals surface area contributed by atoms with Gasteiger partial charge in [0.05, 0.1) is 5.57 Å². The highest BCUT2D eigenvalue weighted by Gasteiger charge is 2.54. The molecule has 5 heteroatoms. The van der Waals surface area contributed by atoms with Crippen molar-refractivity contribution in [2.24, 2.45) is 23.7 Å². The maximum Gasteiger partial charge on any atom is 0.170 e. The van der Waals surface area contributed by atoms with E-state index in [2.05, 4.69) is 0 Å². The smallest absolute Gasteiger partial charge is 0.170 e. The normalized spacial score (nSPS) is 27.5. The highest BCUT2D eigenvalue weighted by Crippen LogP contribution is 2.57. The molecule has 0 radical (unpaired) electrons. The number of ketones is 1. The number of carbonyl (C=O) groups is 1. The topological polar surface area (TPSA) is 46.5 Å². The molecule has 3 fully saturated rings. The fourth-order valence-corrected chi connectivity index (χ4v) is 5.95. The zero-order chi connectivity index (χ0) is 21.0. The van der Waals surface area contributed by atoms with Gasteiger partial charge in [-0.1, -0.05) is 24.6 Å². The molecule has 0 aromatic heterocycles. The second kappa shape index (κ2) is 7.42. The van der Waals surface area contributed by atoms with Gasteiger partial charge in [-0.05, 0) is 85.4 Å². The number of benzene rings is 2. The fraction of sp³-hybridized carbons (Fsp3) is 0.400. The number of hydrogen-bond donors (Lipinski definition) is 1.